The maximum Gasteiger partial charge on any atom is 0.285 e. The van der Waals surface area contributed by atoms with E-state index in [1.807, 2.05) is 42.3 Å². The smallest absolute Gasteiger partial charge is 0.285 e. The highest BCUT2D eigenvalue weighted by molar-refractivity contribution is 7.56. The summed E-state index contributed by atoms with van der Waals surface area (Å²) >= 11 is 0. The van der Waals surface area contributed by atoms with Crippen LogP contribution in [0.15, 0.2) is 0 Å². The van der Waals surface area contributed by atoms with Crippen LogP contribution in [0.3, 0.4) is 0 Å². The Balaban J connectivity index is 0. The zero-order chi connectivity index (χ0) is 21.3. The molecule has 0 aromatic heterocycles. The summed E-state index contributed by atoms with van der Waals surface area (Å²) in [5.41, 5.74) is 0. The van der Waals surface area contributed by atoms with Gasteiger partial charge < -0.3 is 19.1 Å². The molecule has 0 aliphatic carbocycles. The molecule has 0 unspecified atom stereocenters. The van der Waals surface area contributed by atoms with Crippen LogP contribution in [-0.4, -0.2) is 121 Å². The van der Waals surface area contributed by atoms with E-state index in [2.05, 4.69) is 0 Å². The minimum Gasteiger partial charge on any atom is -0.381 e. The van der Waals surface area contributed by atoms with E-state index in [0.717, 1.165) is 46.1 Å². The Hall–Kier alpha value is -0.540. The minimum absolute atomic E-state index is 0.750. The molecule has 9 nitrogen and oxygen atoms in total. The average Bonchev–Trinajstić information content (AvgIpc) is 3.22. The van der Waals surface area contributed by atoms with Crippen LogP contribution < -0.4 is 0 Å². The number of nitrogens with zero attached hydrogens (tertiary/aromatic N) is 4. The van der Waals surface area contributed by atoms with Crippen molar-refractivity contribution in [3.05, 3.63) is 0 Å². The Morgan fingerprint density at radius 3 is 0.963 bits per heavy atom. The average molecular weight is 413 g/mol. The maximum absolute atomic E-state index is 12.1. The molecule has 0 bridgehead atoms. The van der Waals surface area contributed by atoms with E-state index >= 15 is 0 Å². The Kier molecular flexibility index (Phi) is 18.6. The first-order chi connectivity index (χ1) is 12.6. The van der Waals surface area contributed by atoms with E-state index in [4.69, 9.17) is 14.2 Å². The molecule has 0 radical (unpaired) electrons. The third-order valence-electron chi connectivity index (χ3n) is 3.35. The van der Waals surface area contributed by atoms with Gasteiger partial charge in [-0.05, 0) is 55.1 Å². The number of hydrogen-bond acceptors (Lipinski definition) is 5. The Bertz CT molecular complexity index is 340. The molecule has 2 aliphatic rings. The Morgan fingerprint density at radius 1 is 0.630 bits per heavy atom. The van der Waals surface area contributed by atoms with Gasteiger partial charge in [0.25, 0.3) is 7.59 Å². The van der Waals surface area contributed by atoms with Crippen molar-refractivity contribution in [3.8, 4) is 0 Å². The molecule has 0 atom stereocenters. The van der Waals surface area contributed by atoms with Crippen molar-refractivity contribution >= 4 is 14.0 Å². The van der Waals surface area contributed by atoms with Gasteiger partial charge in [-0.2, -0.15) is 0 Å². The number of carbonyl (C=O) groups is 1. The van der Waals surface area contributed by atoms with Crippen LogP contribution in [0.1, 0.15) is 12.8 Å². The van der Waals surface area contributed by atoms with E-state index < -0.39 is 7.59 Å². The van der Waals surface area contributed by atoms with Crippen LogP contribution >= 0.6 is 7.59 Å². The van der Waals surface area contributed by atoms with E-state index in [0.29, 0.717) is 0 Å². The lowest BCUT2D eigenvalue weighted by molar-refractivity contribution is -0.115. The van der Waals surface area contributed by atoms with Crippen LogP contribution in [0, 0.1) is 0 Å². The van der Waals surface area contributed by atoms with Crippen molar-refractivity contribution < 1.29 is 23.6 Å². The molecule has 2 rings (SSSR count). The monoisotopic (exact) mass is 412 g/mol. The number of amides is 1. The normalized spacial score (nSPS) is 16.6. The van der Waals surface area contributed by atoms with Gasteiger partial charge in [0.1, 0.15) is 0 Å². The molecule has 164 valence electrons. The summed E-state index contributed by atoms with van der Waals surface area (Å²) < 4.78 is 32.2. The Labute approximate surface area is 166 Å². The van der Waals surface area contributed by atoms with Gasteiger partial charge in [0, 0.05) is 27.3 Å². The third kappa shape index (κ3) is 15.1. The number of hydrogen-bond donors (Lipinski definition) is 0. The maximum atomic E-state index is 12.1. The predicted molar refractivity (Wildman–Crippen MR) is 110 cm³/mol. The molecule has 27 heavy (non-hydrogen) atoms. The van der Waals surface area contributed by atoms with Crippen molar-refractivity contribution in [2.75, 3.05) is 96.0 Å². The molecule has 2 saturated heterocycles. The molecular formula is C17H41N4O5P. The molecule has 10 heteroatoms. The van der Waals surface area contributed by atoms with E-state index in [1.54, 1.807) is 28.1 Å². The molecule has 2 heterocycles. The molecule has 1 amide bonds. The first-order valence-electron chi connectivity index (χ1n) is 9.09. The van der Waals surface area contributed by atoms with Gasteiger partial charge in [0.05, 0.1) is 26.4 Å². The van der Waals surface area contributed by atoms with E-state index in [-0.39, 0.29) is 0 Å². The fourth-order valence-corrected chi connectivity index (χ4v) is 4.17. The highest BCUT2D eigenvalue weighted by Gasteiger charge is 2.30. The van der Waals surface area contributed by atoms with Crippen molar-refractivity contribution in [1.29, 1.82) is 0 Å². The van der Waals surface area contributed by atoms with Crippen LogP contribution in [0.4, 0.5) is 0 Å². The second-order valence-corrected chi connectivity index (χ2v) is 10.1. The standard InChI is InChI=1S/C6H18N3OP.C4H8O2.C4H8O.C3H7NO/c1-7(2)11(10,8(3)4)9(5)6;1-2-6-4-3-5-1;1-2-4-5-3-1;1-4(2)3-5/h1-6H3;1-4H2;1-4H2;3H,1-2H3. The first-order valence-corrected chi connectivity index (χ1v) is 10.7. The van der Waals surface area contributed by atoms with Gasteiger partial charge in [-0.3, -0.25) is 9.36 Å². The predicted octanol–water partition coefficient (Wildman–Crippen LogP) is 1.31. The number of rotatable bonds is 4. The fourth-order valence-electron chi connectivity index (χ4n) is 2.02. The van der Waals surface area contributed by atoms with Crippen molar-refractivity contribution in [2.45, 2.75) is 12.8 Å². The lowest BCUT2D eigenvalue weighted by Gasteiger charge is -2.34. The first kappa shape index (κ1) is 28.7. The Morgan fingerprint density at radius 2 is 0.889 bits per heavy atom. The largest absolute Gasteiger partial charge is 0.381 e. The third-order valence-corrected chi connectivity index (χ3v) is 6.47. The second kappa shape index (κ2) is 17.6. The van der Waals surface area contributed by atoms with Gasteiger partial charge in [0.15, 0.2) is 0 Å². The van der Waals surface area contributed by atoms with E-state index in [9.17, 15) is 9.36 Å². The SMILES string of the molecule is C1CCOC1.C1COCCO1.CN(C)C=O.CN(C)P(=O)(N(C)C)N(C)C. The molecule has 2 aliphatic heterocycles. The van der Waals surface area contributed by atoms with Gasteiger partial charge in [-0.25, -0.2) is 14.0 Å². The van der Waals surface area contributed by atoms with Gasteiger partial charge in [-0.1, -0.05) is 0 Å². The van der Waals surface area contributed by atoms with Gasteiger partial charge >= 0.3 is 0 Å². The molecule has 2 fully saturated rings. The fraction of sp³-hybridized carbons (Fsp3) is 0.941. The molecular weight excluding hydrogens is 371 g/mol. The summed E-state index contributed by atoms with van der Waals surface area (Å²) in [6.07, 6.45) is 3.31. The van der Waals surface area contributed by atoms with Crippen LogP contribution in [0.5, 0.6) is 0 Å². The quantitative estimate of drug-likeness (QED) is 0.506. The zero-order valence-corrected chi connectivity index (χ0v) is 19.4. The highest BCUT2D eigenvalue weighted by Crippen LogP contribution is 2.50. The summed E-state index contributed by atoms with van der Waals surface area (Å²) in [6.45, 7) is 5.11. The summed E-state index contributed by atoms with van der Waals surface area (Å²) in [5, 5.41) is 0. The van der Waals surface area contributed by atoms with Crippen molar-refractivity contribution in [3.63, 3.8) is 0 Å². The summed E-state index contributed by atoms with van der Waals surface area (Å²) in [4.78, 5) is 10.9. The number of carbonyl (C=O) groups excluding carboxylic acids is 1. The molecule has 0 N–H and O–H groups in total. The van der Waals surface area contributed by atoms with Gasteiger partial charge in [-0.15, -0.1) is 0 Å². The topological polar surface area (TPSA) is 74.8 Å². The van der Waals surface area contributed by atoms with Crippen LogP contribution in [0.25, 0.3) is 0 Å². The second-order valence-electron chi connectivity index (χ2n) is 6.67. The molecule has 0 saturated carbocycles. The molecule has 0 spiro atoms. The lowest BCUT2D eigenvalue weighted by Crippen LogP contribution is -2.30. The highest BCUT2D eigenvalue weighted by atomic mass is 31.2. The van der Waals surface area contributed by atoms with E-state index in [1.165, 1.54) is 17.7 Å². The molecule has 0 aromatic rings. The van der Waals surface area contributed by atoms with Crippen LogP contribution in [-0.2, 0) is 23.6 Å². The van der Waals surface area contributed by atoms with Crippen LogP contribution in [0.2, 0.25) is 0 Å². The van der Waals surface area contributed by atoms with Crippen molar-refractivity contribution in [1.82, 2.24) is 18.9 Å². The summed E-state index contributed by atoms with van der Waals surface area (Å²) in [5.74, 6) is 0. The lowest BCUT2D eigenvalue weighted by atomic mass is 10.4. The summed E-state index contributed by atoms with van der Waals surface area (Å²) in [7, 11) is 11.9. The number of ether oxygens (including phenoxy) is 3. The van der Waals surface area contributed by atoms with Gasteiger partial charge in [0.2, 0.25) is 6.41 Å². The molecule has 0 aromatic carbocycles. The minimum atomic E-state index is -2.44. The van der Waals surface area contributed by atoms with Crippen molar-refractivity contribution in [2.24, 2.45) is 0 Å². The summed E-state index contributed by atoms with van der Waals surface area (Å²) in [6, 6.07) is 0. The zero-order valence-electron chi connectivity index (χ0n) is 18.5.